The summed E-state index contributed by atoms with van der Waals surface area (Å²) in [6.07, 6.45) is 3.14. The SMILES string of the molecule is Cc1nn(-c2ccccc2)c(C)c1/C=C/C(=O)NCC(=O)Nc1ccccc1. The third-order valence-electron chi connectivity index (χ3n) is 4.23. The molecule has 3 aromatic rings. The molecule has 3 rings (SSSR count). The fraction of sp³-hybridized carbons (Fsp3) is 0.136. The number of aryl methyl sites for hydroxylation is 1. The molecule has 142 valence electrons. The zero-order valence-corrected chi connectivity index (χ0v) is 15.8. The van der Waals surface area contributed by atoms with Crippen LogP contribution in [0.2, 0.25) is 0 Å². The summed E-state index contributed by atoms with van der Waals surface area (Å²) in [6.45, 7) is 3.76. The fourth-order valence-electron chi connectivity index (χ4n) is 2.83. The van der Waals surface area contributed by atoms with E-state index in [2.05, 4.69) is 15.7 Å². The van der Waals surface area contributed by atoms with Crippen molar-refractivity contribution < 1.29 is 9.59 Å². The third kappa shape index (κ3) is 4.73. The standard InChI is InChI=1S/C22H22N4O2/c1-16-20(17(2)26(25-16)19-11-7-4-8-12-19)13-14-21(27)23-15-22(28)24-18-9-5-3-6-10-18/h3-14H,15H2,1-2H3,(H,23,27)(H,24,28)/b14-13+. The topological polar surface area (TPSA) is 76.0 Å². The van der Waals surface area contributed by atoms with E-state index in [1.165, 1.54) is 6.08 Å². The normalized spacial score (nSPS) is 10.8. The molecule has 0 saturated carbocycles. The number of nitrogens with zero attached hydrogens (tertiary/aromatic N) is 2. The molecule has 1 aromatic heterocycles. The van der Waals surface area contributed by atoms with Gasteiger partial charge in [-0.05, 0) is 44.2 Å². The summed E-state index contributed by atoms with van der Waals surface area (Å²) >= 11 is 0. The van der Waals surface area contributed by atoms with Crippen LogP contribution in [0.25, 0.3) is 11.8 Å². The Balaban J connectivity index is 1.60. The Labute approximate surface area is 163 Å². The van der Waals surface area contributed by atoms with E-state index in [-0.39, 0.29) is 18.4 Å². The van der Waals surface area contributed by atoms with Crippen LogP contribution in [0.4, 0.5) is 5.69 Å². The number of rotatable bonds is 6. The Morgan fingerprint density at radius 3 is 2.32 bits per heavy atom. The van der Waals surface area contributed by atoms with Crippen LogP contribution in [0.15, 0.2) is 66.7 Å². The van der Waals surface area contributed by atoms with Crippen molar-refractivity contribution in [3.8, 4) is 5.69 Å². The van der Waals surface area contributed by atoms with Crippen LogP contribution in [0, 0.1) is 13.8 Å². The average Bonchev–Trinajstić information content (AvgIpc) is 3.00. The van der Waals surface area contributed by atoms with Crippen LogP contribution < -0.4 is 10.6 Å². The van der Waals surface area contributed by atoms with Gasteiger partial charge in [-0.25, -0.2) is 4.68 Å². The zero-order valence-electron chi connectivity index (χ0n) is 15.8. The zero-order chi connectivity index (χ0) is 19.9. The quantitative estimate of drug-likeness (QED) is 0.650. The first-order valence-electron chi connectivity index (χ1n) is 8.97. The lowest BCUT2D eigenvalue weighted by atomic mass is 10.2. The molecule has 0 unspecified atom stereocenters. The second-order valence-corrected chi connectivity index (χ2v) is 6.30. The molecule has 0 spiro atoms. The lowest BCUT2D eigenvalue weighted by Gasteiger charge is -2.05. The fourth-order valence-corrected chi connectivity index (χ4v) is 2.83. The monoisotopic (exact) mass is 374 g/mol. The van der Waals surface area contributed by atoms with Crippen LogP contribution in [-0.2, 0) is 9.59 Å². The highest BCUT2D eigenvalue weighted by Crippen LogP contribution is 2.19. The molecule has 0 radical (unpaired) electrons. The number of aromatic nitrogens is 2. The first kappa shape index (κ1) is 19.1. The Morgan fingerprint density at radius 1 is 1.00 bits per heavy atom. The number of para-hydroxylation sites is 2. The summed E-state index contributed by atoms with van der Waals surface area (Å²) in [4.78, 5) is 24.0. The molecule has 0 saturated heterocycles. The molecule has 2 aromatic carbocycles. The Hall–Kier alpha value is -3.67. The number of carbonyl (C=O) groups is 2. The molecule has 2 amide bonds. The van der Waals surface area contributed by atoms with E-state index in [1.54, 1.807) is 18.2 Å². The minimum absolute atomic E-state index is 0.0979. The van der Waals surface area contributed by atoms with Gasteiger partial charge in [-0.1, -0.05) is 36.4 Å². The van der Waals surface area contributed by atoms with Crippen LogP contribution >= 0.6 is 0 Å². The van der Waals surface area contributed by atoms with Crippen LogP contribution in [0.1, 0.15) is 17.0 Å². The van der Waals surface area contributed by atoms with Crippen LogP contribution in [0.5, 0.6) is 0 Å². The van der Waals surface area contributed by atoms with Crippen molar-refractivity contribution in [2.45, 2.75) is 13.8 Å². The predicted molar refractivity (Wildman–Crippen MR) is 110 cm³/mol. The highest BCUT2D eigenvalue weighted by atomic mass is 16.2. The largest absolute Gasteiger partial charge is 0.343 e. The number of anilines is 1. The van der Waals surface area contributed by atoms with Crippen molar-refractivity contribution in [2.75, 3.05) is 11.9 Å². The van der Waals surface area contributed by atoms with E-state index in [9.17, 15) is 9.59 Å². The molecule has 0 atom stereocenters. The van der Waals surface area contributed by atoms with Gasteiger partial charge in [-0.3, -0.25) is 9.59 Å². The highest BCUT2D eigenvalue weighted by molar-refractivity contribution is 5.98. The Bertz CT molecular complexity index is 992. The average molecular weight is 374 g/mol. The van der Waals surface area contributed by atoms with Crippen molar-refractivity contribution >= 4 is 23.6 Å². The second kappa shape index (κ2) is 8.81. The van der Waals surface area contributed by atoms with Crippen molar-refractivity contribution in [1.82, 2.24) is 15.1 Å². The smallest absolute Gasteiger partial charge is 0.244 e. The third-order valence-corrected chi connectivity index (χ3v) is 4.23. The minimum atomic E-state index is -0.338. The Kier molecular flexibility index (Phi) is 6.01. The number of carbonyl (C=O) groups excluding carboxylic acids is 2. The van der Waals surface area contributed by atoms with Crippen molar-refractivity contribution in [1.29, 1.82) is 0 Å². The highest BCUT2D eigenvalue weighted by Gasteiger charge is 2.11. The van der Waals surface area contributed by atoms with Gasteiger partial charge in [0.05, 0.1) is 17.9 Å². The Morgan fingerprint density at radius 2 is 1.64 bits per heavy atom. The molecular weight excluding hydrogens is 352 g/mol. The van der Waals surface area contributed by atoms with Gasteiger partial charge in [0.1, 0.15) is 0 Å². The van der Waals surface area contributed by atoms with Crippen molar-refractivity contribution in [2.24, 2.45) is 0 Å². The minimum Gasteiger partial charge on any atom is -0.343 e. The maximum Gasteiger partial charge on any atom is 0.244 e. The van der Waals surface area contributed by atoms with E-state index < -0.39 is 0 Å². The van der Waals surface area contributed by atoms with Crippen molar-refractivity contribution in [3.05, 3.63) is 83.7 Å². The van der Waals surface area contributed by atoms with Gasteiger partial charge in [0.15, 0.2) is 0 Å². The van der Waals surface area contributed by atoms with Crippen LogP contribution in [-0.4, -0.2) is 28.1 Å². The molecule has 0 aliphatic carbocycles. The number of hydrogen-bond acceptors (Lipinski definition) is 3. The predicted octanol–water partition coefficient (Wildman–Crippen LogP) is 3.26. The molecule has 6 nitrogen and oxygen atoms in total. The van der Waals surface area contributed by atoms with E-state index in [4.69, 9.17) is 0 Å². The summed E-state index contributed by atoms with van der Waals surface area (Å²) < 4.78 is 1.85. The molecular formula is C22H22N4O2. The molecule has 6 heteroatoms. The van der Waals surface area contributed by atoms with Gasteiger partial charge < -0.3 is 10.6 Å². The van der Waals surface area contributed by atoms with Crippen molar-refractivity contribution in [3.63, 3.8) is 0 Å². The van der Waals surface area contributed by atoms with Crippen LogP contribution in [0.3, 0.4) is 0 Å². The molecule has 0 fully saturated rings. The van der Waals surface area contributed by atoms with E-state index in [0.717, 1.165) is 22.6 Å². The van der Waals surface area contributed by atoms with Gasteiger partial charge in [-0.15, -0.1) is 0 Å². The first-order valence-corrected chi connectivity index (χ1v) is 8.97. The van der Waals surface area contributed by atoms with Gasteiger partial charge in [-0.2, -0.15) is 5.10 Å². The summed E-state index contributed by atoms with van der Waals surface area (Å²) in [7, 11) is 0. The molecule has 2 N–H and O–H groups in total. The summed E-state index contributed by atoms with van der Waals surface area (Å²) in [6, 6.07) is 18.9. The maximum absolute atomic E-state index is 12.1. The summed E-state index contributed by atoms with van der Waals surface area (Å²) in [5, 5.41) is 9.85. The lowest BCUT2D eigenvalue weighted by Crippen LogP contribution is -2.31. The summed E-state index contributed by atoms with van der Waals surface area (Å²) in [5.41, 5.74) is 4.30. The number of hydrogen-bond donors (Lipinski definition) is 2. The maximum atomic E-state index is 12.1. The molecule has 0 aliphatic rings. The van der Waals surface area contributed by atoms with Gasteiger partial charge in [0.2, 0.25) is 11.8 Å². The molecule has 28 heavy (non-hydrogen) atoms. The molecule has 0 bridgehead atoms. The first-order chi connectivity index (χ1) is 13.5. The second-order valence-electron chi connectivity index (χ2n) is 6.30. The number of benzene rings is 2. The van der Waals surface area contributed by atoms with Gasteiger partial charge >= 0.3 is 0 Å². The van der Waals surface area contributed by atoms with E-state index in [0.29, 0.717) is 5.69 Å². The molecule has 0 aliphatic heterocycles. The summed E-state index contributed by atoms with van der Waals surface area (Å²) in [5.74, 6) is -0.619. The molecule has 1 heterocycles. The van der Waals surface area contributed by atoms with Gasteiger partial charge in [0.25, 0.3) is 0 Å². The van der Waals surface area contributed by atoms with E-state index >= 15 is 0 Å². The number of amides is 2. The lowest BCUT2D eigenvalue weighted by molar-refractivity contribution is -0.121. The van der Waals surface area contributed by atoms with E-state index in [1.807, 2.05) is 67.1 Å². The number of nitrogens with one attached hydrogen (secondary N) is 2. The van der Waals surface area contributed by atoms with Gasteiger partial charge in [0, 0.05) is 23.0 Å².